The lowest BCUT2D eigenvalue weighted by molar-refractivity contribution is 0.347. The summed E-state index contributed by atoms with van der Waals surface area (Å²) in [4.78, 5) is 5.10. The predicted octanol–water partition coefficient (Wildman–Crippen LogP) is 6.19. The van der Waals surface area contributed by atoms with Crippen molar-refractivity contribution in [2.45, 2.75) is 96.8 Å². The first-order chi connectivity index (χ1) is 9.83. The monoisotopic (exact) mass is 273 g/mol. The van der Waals surface area contributed by atoms with Crippen molar-refractivity contribution in [3.8, 4) is 0 Å². The van der Waals surface area contributed by atoms with E-state index in [2.05, 4.69) is 6.92 Å². The molecule has 0 aromatic heterocycles. The minimum Gasteiger partial charge on any atom is -0.262 e. The third kappa shape index (κ3) is 2.73. The van der Waals surface area contributed by atoms with Crippen LogP contribution in [0.15, 0.2) is 16.3 Å². The summed E-state index contributed by atoms with van der Waals surface area (Å²) in [6, 6.07) is 0. The second-order valence-corrected chi connectivity index (χ2v) is 7.24. The summed E-state index contributed by atoms with van der Waals surface area (Å²) in [7, 11) is 0. The summed E-state index contributed by atoms with van der Waals surface area (Å²) in [6.07, 6.45) is 19.6. The number of aliphatic imine (C=N–C) groups is 1. The van der Waals surface area contributed by atoms with Crippen molar-refractivity contribution in [2.24, 2.45) is 10.4 Å². The maximum absolute atomic E-state index is 5.10. The number of hydrogen-bond donors (Lipinski definition) is 0. The molecule has 3 aliphatic rings. The van der Waals surface area contributed by atoms with E-state index < -0.39 is 0 Å². The van der Waals surface area contributed by atoms with Crippen LogP contribution in [0.2, 0.25) is 0 Å². The van der Waals surface area contributed by atoms with Crippen LogP contribution in [-0.4, -0.2) is 5.71 Å². The number of hydrogen-bond acceptors (Lipinski definition) is 1. The first-order valence-electron chi connectivity index (χ1n) is 9.11. The van der Waals surface area contributed by atoms with Gasteiger partial charge in [-0.25, -0.2) is 0 Å². The SMILES string of the molecule is CC1=NC2=C(CCCCCCC2)C12CCCCCCC2. The zero-order valence-corrected chi connectivity index (χ0v) is 13.3. The van der Waals surface area contributed by atoms with Crippen LogP contribution in [0.25, 0.3) is 0 Å². The molecular formula is C19H31N. The minimum absolute atomic E-state index is 0.403. The molecule has 3 rings (SSSR count). The second-order valence-electron chi connectivity index (χ2n) is 7.24. The van der Waals surface area contributed by atoms with Crippen molar-refractivity contribution in [3.05, 3.63) is 11.3 Å². The molecule has 1 nitrogen and oxygen atoms in total. The summed E-state index contributed by atoms with van der Waals surface area (Å²) in [6.45, 7) is 2.33. The highest BCUT2D eigenvalue weighted by molar-refractivity contribution is 5.94. The van der Waals surface area contributed by atoms with Crippen molar-refractivity contribution < 1.29 is 0 Å². The molecule has 0 unspecified atom stereocenters. The van der Waals surface area contributed by atoms with Crippen molar-refractivity contribution in [3.63, 3.8) is 0 Å². The van der Waals surface area contributed by atoms with Gasteiger partial charge in [0.25, 0.3) is 0 Å². The highest BCUT2D eigenvalue weighted by Gasteiger charge is 2.41. The molecule has 0 N–H and O–H groups in total. The van der Waals surface area contributed by atoms with Gasteiger partial charge in [-0.3, -0.25) is 4.99 Å². The van der Waals surface area contributed by atoms with Crippen LogP contribution in [0, 0.1) is 5.41 Å². The largest absolute Gasteiger partial charge is 0.262 e. The summed E-state index contributed by atoms with van der Waals surface area (Å²) < 4.78 is 0. The molecule has 1 heterocycles. The van der Waals surface area contributed by atoms with E-state index >= 15 is 0 Å². The van der Waals surface area contributed by atoms with Crippen LogP contribution in [0.1, 0.15) is 96.8 Å². The van der Waals surface area contributed by atoms with Crippen LogP contribution < -0.4 is 0 Å². The summed E-state index contributed by atoms with van der Waals surface area (Å²) in [5.74, 6) is 0. The topological polar surface area (TPSA) is 12.4 Å². The lowest BCUT2D eigenvalue weighted by Gasteiger charge is -2.35. The van der Waals surface area contributed by atoms with Gasteiger partial charge in [0.05, 0.1) is 0 Å². The molecule has 0 bridgehead atoms. The Morgan fingerprint density at radius 2 is 1.25 bits per heavy atom. The molecule has 0 aromatic carbocycles. The standard InChI is InChI=1S/C19H31N/c1-16-19(14-10-6-3-7-11-15-19)17-12-8-4-2-5-9-13-18(17)20-16/h2-15H2,1H3. The van der Waals surface area contributed by atoms with Gasteiger partial charge in [-0.15, -0.1) is 0 Å². The molecule has 1 heteroatoms. The molecule has 1 fully saturated rings. The molecule has 0 radical (unpaired) electrons. The van der Waals surface area contributed by atoms with Crippen LogP contribution in [0.5, 0.6) is 0 Å². The van der Waals surface area contributed by atoms with Crippen molar-refractivity contribution in [1.82, 2.24) is 0 Å². The van der Waals surface area contributed by atoms with Gasteiger partial charge in [-0.1, -0.05) is 51.4 Å². The van der Waals surface area contributed by atoms with E-state index in [0.717, 1.165) is 0 Å². The van der Waals surface area contributed by atoms with E-state index in [1.54, 1.807) is 5.57 Å². The average molecular weight is 273 g/mol. The number of allylic oxidation sites excluding steroid dienone is 2. The third-order valence-corrected chi connectivity index (χ3v) is 5.97. The lowest BCUT2D eigenvalue weighted by atomic mass is 9.67. The molecule has 0 saturated heterocycles. The second kappa shape index (κ2) is 6.45. The van der Waals surface area contributed by atoms with Crippen molar-refractivity contribution in [2.75, 3.05) is 0 Å². The van der Waals surface area contributed by atoms with Gasteiger partial charge in [0.1, 0.15) is 0 Å². The predicted molar refractivity (Wildman–Crippen MR) is 87.2 cm³/mol. The number of nitrogens with zero attached hydrogens (tertiary/aromatic N) is 1. The summed E-state index contributed by atoms with van der Waals surface area (Å²) >= 11 is 0. The maximum atomic E-state index is 5.10. The van der Waals surface area contributed by atoms with Crippen LogP contribution in [-0.2, 0) is 0 Å². The first kappa shape index (κ1) is 14.4. The molecule has 0 atom stereocenters. The van der Waals surface area contributed by atoms with Crippen LogP contribution in [0.4, 0.5) is 0 Å². The smallest absolute Gasteiger partial charge is 0.0404 e. The molecule has 112 valence electrons. The molecule has 20 heavy (non-hydrogen) atoms. The quantitative estimate of drug-likeness (QED) is 0.499. The van der Waals surface area contributed by atoms with E-state index in [0.29, 0.717) is 5.41 Å². The molecular weight excluding hydrogens is 242 g/mol. The van der Waals surface area contributed by atoms with E-state index in [1.165, 1.54) is 101 Å². The highest BCUT2D eigenvalue weighted by atomic mass is 14.8. The van der Waals surface area contributed by atoms with Crippen LogP contribution >= 0.6 is 0 Å². The van der Waals surface area contributed by atoms with Gasteiger partial charge in [-0.2, -0.15) is 0 Å². The van der Waals surface area contributed by atoms with Crippen molar-refractivity contribution >= 4 is 5.71 Å². The Morgan fingerprint density at radius 3 is 1.95 bits per heavy atom. The summed E-state index contributed by atoms with van der Waals surface area (Å²) in [5.41, 5.74) is 5.19. The molecule has 1 aliphatic heterocycles. The normalized spacial score (nSPS) is 27.9. The van der Waals surface area contributed by atoms with E-state index in [-0.39, 0.29) is 0 Å². The number of fused-ring (bicyclic) bond motifs is 1. The van der Waals surface area contributed by atoms with Crippen molar-refractivity contribution in [1.29, 1.82) is 0 Å². The fourth-order valence-electron chi connectivity index (χ4n) is 4.76. The first-order valence-corrected chi connectivity index (χ1v) is 9.11. The maximum Gasteiger partial charge on any atom is 0.0404 e. The van der Waals surface area contributed by atoms with Gasteiger partial charge < -0.3 is 0 Å². The van der Waals surface area contributed by atoms with Crippen LogP contribution in [0.3, 0.4) is 0 Å². The Balaban J connectivity index is 1.88. The molecule has 0 amide bonds. The Bertz CT molecular complexity index is 394. The highest BCUT2D eigenvalue weighted by Crippen LogP contribution is 2.50. The lowest BCUT2D eigenvalue weighted by Crippen LogP contribution is -2.30. The van der Waals surface area contributed by atoms with Gasteiger partial charge in [-0.05, 0) is 51.0 Å². The minimum atomic E-state index is 0.403. The Kier molecular flexibility index (Phi) is 4.63. The Labute approximate surface area is 124 Å². The van der Waals surface area contributed by atoms with Gasteiger partial charge in [0.2, 0.25) is 0 Å². The zero-order chi connectivity index (χ0) is 13.8. The molecule has 1 saturated carbocycles. The average Bonchev–Trinajstić information content (AvgIpc) is 2.71. The Hall–Kier alpha value is -0.590. The van der Waals surface area contributed by atoms with E-state index in [9.17, 15) is 0 Å². The fraction of sp³-hybridized carbons (Fsp3) is 0.842. The van der Waals surface area contributed by atoms with Gasteiger partial charge in [0.15, 0.2) is 0 Å². The van der Waals surface area contributed by atoms with Gasteiger partial charge in [0, 0.05) is 16.8 Å². The number of rotatable bonds is 0. The fourth-order valence-corrected chi connectivity index (χ4v) is 4.76. The van der Waals surface area contributed by atoms with Gasteiger partial charge >= 0.3 is 0 Å². The van der Waals surface area contributed by atoms with E-state index in [1.807, 2.05) is 0 Å². The Morgan fingerprint density at radius 1 is 0.700 bits per heavy atom. The third-order valence-electron chi connectivity index (χ3n) is 5.97. The molecule has 0 aromatic rings. The molecule has 2 aliphatic carbocycles. The molecule has 1 spiro atoms. The summed E-state index contributed by atoms with van der Waals surface area (Å²) in [5, 5.41) is 0. The van der Waals surface area contributed by atoms with E-state index in [4.69, 9.17) is 4.99 Å². The zero-order valence-electron chi connectivity index (χ0n) is 13.3.